The van der Waals surface area contributed by atoms with Gasteiger partial charge in [-0.3, -0.25) is 13.9 Å². The molecule has 1 heterocycles. The van der Waals surface area contributed by atoms with Gasteiger partial charge in [0.1, 0.15) is 6.04 Å². The molecule has 33 heavy (non-hydrogen) atoms. The van der Waals surface area contributed by atoms with Gasteiger partial charge < -0.3 is 10.6 Å². The summed E-state index contributed by atoms with van der Waals surface area (Å²) in [6, 6.07) is 18.4. The molecule has 3 aromatic carbocycles. The SMILES string of the molecule is O=C(C[C@@H]1C(=O)Nc2ccccc2N1S(=O)(=O)c1ccc(Cl)c(Cl)c1)NCc1ccccc1. The van der Waals surface area contributed by atoms with Crippen LogP contribution in [0.15, 0.2) is 77.7 Å². The van der Waals surface area contributed by atoms with Gasteiger partial charge in [0, 0.05) is 6.54 Å². The highest BCUT2D eigenvalue weighted by Gasteiger charge is 2.42. The lowest BCUT2D eigenvalue weighted by atomic mass is 10.1. The van der Waals surface area contributed by atoms with Gasteiger partial charge in [-0.2, -0.15) is 0 Å². The average molecular weight is 504 g/mol. The fourth-order valence-corrected chi connectivity index (χ4v) is 5.55. The summed E-state index contributed by atoms with van der Waals surface area (Å²) in [6.45, 7) is 0.254. The molecule has 0 unspecified atom stereocenters. The van der Waals surface area contributed by atoms with Crippen LogP contribution in [-0.2, 0) is 26.2 Å². The molecule has 0 saturated heterocycles. The second-order valence-corrected chi connectivity index (χ2v) is 9.99. The van der Waals surface area contributed by atoms with Crippen molar-refractivity contribution in [2.75, 3.05) is 9.62 Å². The number of halogens is 2. The van der Waals surface area contributed by atoms with Crippen molar-refractivity contribution in [3.8, 4) is 0 Å². The van der Waals surface area contributed by atoms with Crippen molar-refractivity contribution in [3.63, 3.8) is 0 Å². The lowest BCUT2D eigenvalue weighted by Gasteiger charge is -2.36. The van der Waals surface area contributed by atoms with Gasteiger partial charge in [0.15, 0.2) is 0 Å². The van der Waals surface area contributed by atoms with E-state index >= 15 is 0 Å². The molecule has 0 spiro atoms. The van der Waals surface area contributed by atoms with Crippen molar-refractivity contribution >= 4 is 56.4 Å². The molecule has 2 amide bonds. The lowest BCUT2D eigenvalue weighted by Crippen LogP contribution is -2.52. The van der Waals surface area contributed by atoms with Crippen LogP contribution in [0.4, 0.5) is 11.4 Å². The molecule has 1 aliphatic rings. The van der Waals surface area contributed by atoms with Crippen LogP contribution in [0.25, 0.3) is 0 Å². The Morgan fingerprint density at radius 2 is 1.67 bits per heavy atom. The summed E-state index contributed by atoms with van der Waals surface area (Å²) in [5, 5.41) is 5.69. The number of hydrogen-bond acceptors (Lipinski definition) is 4. The van der Waals surface area contributed by atoms with Gasteiger partial charge in [0.25, 0.3) is 10.0 Å². The second-order valence-electron chi connectivity index (χ2n) is 7.37. The summed E-state index contributed by atoms with van der Waals surface area (Å²) in [6.07, 6.45) is -0.368. The third-order valence-corrected chi connectivity index (χ3v) is 7.70. The fraction of sp³-hybridized carbons (Fsp3) is 0.130. The van der Waals surface area contributed by atoms with Crippen molar-refractivity contribution in [1.29, 1.82) is 0 Å². The van der Waals surface area contributed by atoms with E-state index in [1.54, 1.807) is 24.3 Å². The molecule has 0 fully saturated rings. The smallest absolute Gasteiger partial charge is 0.265 e. The normalized spacial score (nSPS) is 15.5. The van der Waals surface area contributed by atoms with E-state index < -0.39 is 27.9 Å². The lowest BCUT2D eigenvalue weighted by molar-refractivity contribution is -0.125. The summed E-state index contributed by atoms with van der Waals surface area (Å²) >= 11 is 12.0. The molecule has 1 atom stereocenters. The number of para-hydroxylation sites is 2. The maximum atomic E-state index is 13.6. The molecule has 0 saturated carbocycles. The number of fused-ring (bicyclic) bond motifs is 1. The van der Waals surface area contributed by atoms with Crippen LogP contribution in [0, 0.1) is 0 Å². The van der Waals surface area contributed by atoms with E-state index in [4.69, 9.17) is 23.2 Å². The number of nitrogens with zero attached hydrogens (tertiary/aromatic N) is 1. The quantitative estimate of drug-likeness (QED) is 0.526. The number of amides is 2. The Balaban J connectivity index is 1.68. The topological polar surface area (TPSA) is 95.6 Å². The number of hydrogen-bond donors (Lipinski definition) is 2. The van der Waals surface area contributed by atoms with Gasteiger partial charge in [0.2, 0.25) is 11.8 Å². The molecule has 1 aliphatic heterocycles. The second kappa shape index (κ2) is 9.43. The van der Waals surface area contributed by atoms with E-state index in [2.05, 4.69) is 10.6 Å². The first kappa shape index (κ1) is 23.1. The maximum Gasteiger partial charge on any atom is 0.265 e. The zero-order valence-electron chi connectivity index (χ0n) is 17.2. The van der Waals surface area contributed by atoms with Gasteiger partial charge in [-0.1, -0.05) is 65.7 Å². The minimum Gasteiger partial charge on any atom is -0.352 e. The first-order chi connectivity index (χ1) is 15.8. The zero-order valence-corrected chi connectivity index (χ0v) is 19.5. The third-order valence-electron chi connectivity index (χ3n) is 5.14. The molecule has 0 aliphatic carbocycles. The molecule has 4 rings (SSSR count). The van der Waals surface area contributed by atoms with E-state index in [0.29, 0.717) is 5.69 Å². The molecule has 0 bridgehead atoms. The number of benzene rings is 3. The fourth-order valence-electron chi connectivity index (χ4n) is 3.53. The van der Waals surface area contributed by atoms with Gasteiger partial charge in [0.05, 0.1) is 32.7 Å². The predicted molar refractivity (Wildman–Crippen MR) is 128 cm³/mol. The van der Waals surface area contributed by atoms with Crippen molar-refractivity contribution in [3.05, 3.63) is 88.4 Å². The Morgan fingerprint density at radius 3 is 2.39 bits per heavy atom. The molecule has 3 aromatic rings. The third kappa shape index (κ3) is 4.83. The Hall–Kier alpha value is -3.07. The number of carbonyl (C=O) groups is 2. The van der Waals surface area contributed by atoms with E-state index in [-0.39, 0.29) is 33.6 Å². The predicted octanol–water partition coefficient (Wildman–Crippen LogP) is 4.22. The molecular weight excluding hydrogens is 485 g/mol. The molecule has 0 aromatic heterocycles. The Kier molecular flexibility index (Phi) is 6.60. The molecule has 0 radical (unpaired) electrons. The van der Waals surface area contributed by atoms with Crippen LogP contribution >= 0.6 is 23.2 Å². The minimum atomic E-state index is -4.26. The van der Waals surface area contributed by atoms with Crippen molar-refractivity contribution in [2.24, 2.45) is 0 Å². The maximum absolute atomic E-state index is 13.6. The Bertz CT molecular complexity index is 1320. The highest BCUT2D eigenvalue weighted by molar-refractivity contribution is 7.93. The summed E-state index contributed by atoms with van der Waals surface area (Å²) < 4.78 is 28.3. The van der Waals surface area contributed by atoms with Crippen LogP contribution in [0.1, 0.15) is 12.0 Å². The summed E-state index contributed by atoms with van der Waals surface area (Å²) in [7, 11) is -4.26. The standard InChI is InChI=1S/C23H19Cl2N3O4S/c24-17-11-10-16(12-18(17)25)33(31,32)28-20-9-5-4-8-19(20)27-23(30)21(28)13-22(29)26-14-15-6-2-1-3-7-15/h1-12,21H,13-14H2,(H,26,29)(H,27,30)/t21-/m1/s1. The van der Waals surface area contributed by atoms with Crippen LogP contribution in [0.2, 0.25) is 10.0 Å². The summed E-state index contributed by atoms with van der Waals surface area (Å²) in [5.41, 5.74) is 1.46. The number of sulfonamides is 1. The van der Waals surface area contributed by atoms with Crippen molar-refractivity contribution in [2.45, 2.75) is 23.9 Å². The number of anilines is 2. The average Bonchev–Trinajstić information content (AvgIpc) is 2.80. The van der Waals surface area contributed by atoms with Crippen LogP contribution in [0.3, 0.4) is 0 Å². The highest BCUT2D eigenvalue weighted by atomic mass is 35.5. The molecule has 2 N–H and O–H groups in total. The van der Waals surface area contributed by atoms with Gasteiger partial charge in [-0.05, 0) is 35.9 Å². The number of carbonyl (C=O) groups excluding carboxylic acids is 2. The van der Waals surface area contributed by atoms with Crippen molar-refractivity contribution < 1.29 is 18.0 Å². The Morgan fingerprint density at radius 1 is 0.970 bits per heavy atom. The van der Waals surface area contributed by atoms with Crippen LogP contribution < -0.4 is 14.9 Å². The number of nitrogens with one attached hydrogen (secondary N) is 2. The monoisotopic (exact) mass is 503 g/mol. The van der Waals surface area contributed by atoms with E-state index in [1.807, 2.05) is 30.3 Å². The van der Waals surface area contributed by atoms with Crippen LogP contribution in [-0.4, -0.2) is 26.3 Å². The molecule has 170 valence electrons. The van der Waals surface area contributed by atoms with Gasteiger partial charge in [-0.15, -0.1) is 0 Å². The van der Waals surface area contributed by atoms with Gasteiger partial charge in [-0.25, -0.2) is 8.42 Å². The van der Waals surface area contributed by atoms with E-state index in [9.17, 15) is 18.0 Å². The zero-order chi connectivity index (χ0) is 23.6. The molecule has 10 heteroatoms. The molecular formula is C23H19Cl2N3O4S. The largest absolute Gasteiger partial charge is 0.352 e. The van der Waals surface area contributed by atoms with E-state index in [0.717, 1.165) is 9.87 Å². The first-order valence-corrected chi connectivity index (χ1v) is 12.2. The van der Waals surface area contributed by atoms with E-state index in [1.165, 1.54) is 18.2 Å². The van der Waals surface area contributed by atoms with Gasteiger partial charge >= 0.3 is 0 Å². The summed E-state index contributed by atoms with van der Waals surface area (Å²) in [4.78, 5) is 25.5. The molecule has 7 nitrogen and oxygen atoms in total. The number of rotatable bonds is 6. The van der Waals surface area contributed by atoms with Crippen LogP contribution in [0.5, 0.6) is 0 Å². The Labute approximate surface area is 201 Å². The minimum absolute atomic E-state index is 0.0599. The van der Waals surface area contributed by atoms with Crippen molar-refractivity contribution in [1.82, 2.24) is 5.32 Å². The highest BCUT2D eigenvalue weighted by Crippen LogP contribution is 2.38. The summed E-state index contributed by atoms with van der Waals surface area (Å²) in [5.74, 6) is -1.07. The first-order valence-electron chi connectivity index (χ1n) is 9.97.